The van der Waals surface area contributed by atoms with Gasteiger partial charge in [-0.15, -0.1) is 0 Å². The van der Waals surface area contributed by atoms with E-state index >= 15 is 0 Å². The lowest BCUT2D eigenvalue weighted by atomic mass is 9.76. The van der Waals surface area contributed by atoms with E-state index in [1.54, 1.807) is 23.3 Å². The normalized spacial score (nSPS) is 17.8. The van der Waals surface area contributed by atoms with Gasteiger partial charge in [0.15, 0.2) is 0 Å². The number of likely N-dealkylation sites (tertiary alicyclic amines) is 1. The maximum absolute atomic E-state index is 12.0. The summed E-state index contributed by atoms with van der Waals surface area (Å²) in [4.78, 5) is 25.0. The van der Waals surface area contributed by atoms with E-state index in [9.17, 15) is 14.7 Å². The first-order valence-corrected chi connectivity index (χ1v) is 6.86. The molecule has 2 amide bonds. The monoisotopic (exact) mass is 280 g/mol. The van der Waals surface area contributed by atoms with Gasteiger partial charge >= 0.3 is 12.0 Å². The maximum Gasteiger partial charge on any atom is 0.317 e. The minimum Gasteiger partial charge on any atom is -0.481 e. The highest BCUT2D eigenvalue weighted by atomic mass is 16.4. The molecule has 0 aliphatic carbocycles. The number of carboxylic acid groups (broad SMARTS) is 1. The molecule has 0 atom stereocenters. The van der Waals surface area contributed by atoms with E-state index in [2.05, 4.69) is 5.32 Å². The topological polar surface area (TPSA) is 82.8 Å². The molecule has 6 heteroatoms. The van der Waals surface area contributed by atoms with Gasteiger partial charge in [0, 0.05) is 13.1 Å². The number of amides is 2. The fraction of sp³-hybridized carbons (Fsp3) is 0.571. The van der Waals surface area contributed by atoms with Crippen LogP contribution < -0.4 is 5.32 Å². The summed E-state index contributed by atoms with van der Waals surface area (Å²) in [7, 11) is 0. The molecular weight excluding hydrogens is 260 g/mol. The number of carboxylic acids is 1. The van der Waals surface area contributed by atoms with Gasteiger partial charge in [-0.3, -0.25) is 4.79 Å². The van der Waals surface area contributed by atoms with Crippen molar-refractivity contribution < 1.29 is 19.1 Å². The van der Waals surface area contributed by atoms with Gasteiger partial charge in [-0.25, -0.2) is 4.79 Å². The maximum atomic E-state index is 12.0. The average Bonchev–Trinajstić information content (AvgIpc) is 2.98. The van der Waals surface area contributed by atoms with E-state index in [0.29, 0.717) is 44.7 Å². The van der Waals surface area contributed by atoms with Gasteiger partial charge in [0.2, 0.25) is 0 Å². The van der Waals surface area contributed by atoms with Gasteiger partial charge in [0.1, 0.15) is 5.76 Å². The van der Waals surface area contributed by atoms with Crippen LogP contribution in [0.3, 0.4) is 0 Å². The van der Waals surface area contributed by atoms with Gasteiger partial charge in [-0.1, -0.05) is 6.92 Å². The van der Waals surface area contributed by atoms with Gasteiger partial charge in [0.05, 0.1) is 18.2 Å². The van der Waals surface area contributed by atoms with Gasteiger partial charge < -0.3 is 19.7 Å². The third kappa shape index (κ3) is 2.95. The van der Waals surface area contributed by atoms with Crippen molar-refractivity contribution >= 4 is 12.0 Å². The Morgan fingerprint density at radius 1 is 1.45 bits per heavy atom. The Kier molecular flexibility index (Phi) is 4.32. The summed E-state index contributed by atoms with van der Waals surface area (Å²) >= 11 is 0. The number of nitrogens with one attached hydrogen (secondary N) is 1. The van der Waals surface area contributed by atoms with E-state index in [4.69, 9.17) is 4.42 Å². The minimum absolute atomic E-state index is 0.170. The SMILES string of the molecule is CCC1(C(=O)O)CCN(C(=O)NCc2ccco2)CC1. The van der Waals surface area contributed by atoms with Crippen LogP contribution in [0.5, 0.6) is 0 Å². The summed E-state index contributed by atoms with van der Waals surface area (Å²) in [5.74, 6) is -0.0561. The molecule has 0 spiro atoms. The summed E-state index contributed by atoms with van der Waals surface area (Å²) in [5, 5.41) is 12.1. The van der Waals surface area contributed by atoms with E-state index in [0.717, 1.165) is 0 Å². The smallest absolute Gasteiger partial charge is 0.317 e. The lowest BCUT2D eigenvalue weighted by Crippen LogP contribution is -2.49. The molecule has 1 aromatic heterocycles. The van der Waals surface area contributed by atoms with Crippen molar-refractivity contribution in [3.05, 3.63) is 24.2 Å². The molecule has 1 aliphatic heterocycles. The van der Waals surface area contributed by atoms with Crippen molar-refractivity contribution in [2.24, 2.45) is 5.41 Å². The Hall–Kier alpha value is -1.98. The van der Waals surface area contributed by atoms with E-state index in [1.807, 2.05) is 6.92 Å². The Morgan fingerprint density at radius 3 is 2.65 bits per heavy atom. The van der Waals surface area contributed by atoms with Crippen LogP contribution in [-0.2, 0) is 11.3 Å². The number of furan rings is 1. The fourth-order valence-electron chi connectivity index (χ4n) is 2.54. The number of carbonyl (C=O) groups excluding carboxylic acids is 1. The summed E-state index contributed by atoms with van der Waals surface area (Å²) in [5.41, 5.74) is -0.669. The van der Waals surface area contributed by atoms with Crippen molar-refractivity contribution in [2.45, 2.75) is 32.7 Å². The third-order valence-electron chi connectivity index (χ3n) is 4.13. The number of hydrogen-bond donors (Lipinski definition) is 2. The quantitative estimate of drug-likeness (QED) is 0.884. The second-order valence-electron chi connectivity index (χ2n) is 5.16. The van der Waals surface area contributed by atoms with E-state index in [-0.39, 0.29) is 6.03 Å². The van der Waals surface area contributed by atoms with Crippen LogP contribution in [-0.4, -0.2) is 35.1 Å². The van der Waals surface area contributed by atoms with Gasteiger partial charge in [0.25, 0.3) is 0 Å². The number of piperidine rings is 1. The molecule has 110 valence electrons. The molecule has 0 aromatic carbocycles. The Bertz CT molecular complexity index is 462. The highest BCUT2D eigenvalue weighted by molar-refractivity contribution is 5.77. The Balaban J connectivity index is 1.84. The third-order valence-corrected chi connectivity index (χ3v) is 4.13. The number of urea groups is 1. The lowest BCUT2D eigenvalue weighted by molar-refractivity contribution is -0.151. The molecular formula is C14H20N2O4. The summed E-state index contributed by atoms with van der Waals surface area (Å²) in [6.45, 7) is 3.19. The molecule has 0 saturated carbocycles. The van der Waals surface area contributed by atoms with Crippen LogP contribution in [0.1, 0.15) is 31.9 Å². The molecule has 2 rings (SSSR count). The predicted molar refractivity (Wildman–Crippen MR) is 72.1 cm³/mol. The first-order valence-electron chi connectivity index (χ1n) is 6.86. The average molecular weight is 280 g/mol. The second kappa shape index (κ2) is 5.98. The van der Waals surface area contributed by atoms with Gasteiger partial charge in [-0.05, 0) is 31.4 Å². The molecule has 6 nitrogen and oxygen atoms in total. The first kappa shape index (κ1) is 14.4. The predicted octanol–water partition coefficient (Wildman–Crippen LogP) is 2.07. The van der Waals surface area contributed by atoms with Crippen molar-refractivity contribution in [1.29, 1.82) is 0 Å². The molecule has 20 heavy (non-hydrogen) atoms. The number of nitrogens with zero attached hydrogens (tertiary/aromatic N) is 1. The molecule has 0 radical (unpaired) electrons. The number of carbonyl (C=O) groups is 2. The van der Waals surface area contributed by atoms with Crippen molar-refractivity contribution in [3.63, 3.8) is 0 Å². The Morgan fingerprint density at radius 2 is 2.15 bits per heavy atom. The summed E-state index contributed by atoms with van der Waals surface area (Å²) < 4.78 is 5.14. The highest BCUT2D eigenvalue weighted by Gasteiger charge is 2.40. The molecule has 1 fully saturated rings. The number of rotatable bonds is 4. The molecule has 0 unspecified atom stereocenters. The second-order valence-corrected chi connectivity index (χ2v) is 5.16. The minimum atomic E-state index is -0.754. The summed E-state index contributed by atoms with van der Waals surface area (Å²) in [6.07, 6.45) is 3.18. The van der Waals surface area contributed by atoms with E-state index < -0.39 is 11.4 Å². The molecule has 2 heterocycles. The van der Waals surface area contributed by atoms with Crippen molar-refractivity contribution in [2.75, 3.05) is 13.1 Å². The zero-order valence-corrected chi connectivity index (χ0v) is 11.6. The summed E-state index contributed by atoms with van der Waals surface area (Å²) in [6, 6.07) is 3.39. The fourth-order valence-corrected chi connectivity index (χ4v) is 2.54. The molecule has 0 bridgehead atoms. The molecule has 1 aromatic rings. The zero-order chi connectivity index (χ0) is 14.6. The zero-order valence-electron chi connectivity index (χ0n) is 11.6. The molecule has 1 aliphatic rings. The highest BCUT2D eigenvalue weighted by Crippen LogP contribution is 2.35. The van der Waals surface area contributed by atoms with Crippen LogP contribution in [0.15, 0.2) is 22.8 Å². The Labute approximate surface area is 117 Å². The van der Waals surface area contributed by atoms with Crippen LogP contribution in [0.4, 0.5) is 4.79 Å². The van der Waals surface area contributed by atoms with Crippen LogP contribution in [0.25, 0.3) is 0 Å². The molecule has 1 saturated heterocycles. The number of hydrogen-bond acceptors (Lipinski definition) is 3. The van der Waals surface area contributed by atoms with Crippen molar-refractivity contribution in [1.82, 2.24) is 10.2 Å². The van der Waals surface area contributed by atoms with Crippen molar-refractivity contribution in [3.8, 4) is 0 Å². The number of aliphatic carboxylic acids is 1. The van der Waals surface area contributed by atoms with Crippen LogP contribution in [0, 0.1) is 5.41 Å². The largest absolute Gasteiger partial charge is 0.481 e. The molecule has 2 N–H and O–H groups in total. The van der Waals surface area contributed by atoms with Crippen LogP contribution in [0.2, 0.25) is 0 Å². The lowest BCUT2D eigenvalue weighted by Gasteiger charge is -2.38. The van der Waals surface area contributed by atoms with Gasteiger partial charge in [-0.2, -0.15) is 0 Å². The standard InChI is InChI=1S/C14H20N2O4/c1-2-14(12(17)18)5-7-16(8-6-14)13(19)15-10-11-4-3-9-20-11/h3-4,9H,2,5-8,10H2,1H3,(H,15,19)(H,17,18). The van der Waals surface area contributed by atoms with E-state index in [1.165, 1.54) is 0 Å². The van der Waals surface area contributed by atoms with Crippen LogP contribution >= 0.6 is 0 Å². The first-order chi connectivity index (χ1) is 9.57.